The average Bonchev–Trinajstić information content (AvgIpc) is 3.07. The van der Waals surface area contributed by atoms with Gasteiger partial charge in [-0.1, -0.05) is 0 Å². The van der Waals surface area contributed by atoms with Crippen molar-refractivity contribution in [3.8, 4) is 11.5 Å². The summed E-state index contributed by atoms with van der Waals surface area (Å²) >= 11 is 3.06. The topological polar surface area (TPSA) is 38.7 Å². The normalized spacial score (nSPS) is 12.6. The highest BCUT2D eigenvalue weighted by Gasteiger charge is 2.21. The van der Waals surface area contributed by atoms with Crippen molar-refractivity contribution in [2.45, 2.75) is 6.10 Å². The molecule has 0 saturated carbocycles. The van der Waals surface area contributed by atoms with Crippen molar-refractivity contribution in [1.82, 2.24) is 0 Å². The molecule has 21 heavy (non-hydrogen) atoms. The van der Waals surface area contributed by atoms with Crippen LogP contribution < -0.4 is 9.47 Å². The lowest BCUT2D eigenvalue weighted by atomic mass is 10.1. The van der Waals surface area contributed by atoms with Crippen molar-refractivity contribution < 1.29 is 19.0 Å². The van der Waals surface area contributed by atoms with E-state index in [1.165, 1.54) is 37.7 Å². The molecule has 110 valence electrons. The Bertz CT molecular complexity index is 750. The third-order valence-corrected chi connectivity index (χ3v) is 5.37. The third kappa shape index (κ3) is 2.50. The summed E-state index contributed by atoms with van der Waals surface area (Å²) in [5, 5.41) is 12.4. The van der Waals surface area contributed by atoms with E-state index >= 15 is 0 Å². The zero-order valence-electron chi connectivity index (χ0n) is 11.4. The number of fused-ring (bicyclic) bond motifs is 1. The molecule has 1 aromatic carbocycles. The number of hydrogen-bond donors (Lipinski definition) is 1. The second kappa shape index (κ2) is 5.63. The number of thiophene rings is 2. The Balaban J connectivity index is 2.04. The van der Waals surface area contributed by atoms with E-state index < -0.39 is 11.9 Å². The zero-order valence-corrected chi connectivity index (χ0v) is 13.1. The van der Waals surface area contributed by atoms with Crippen LogP contribution in [0.15, 0.2) is 29.6 Å². The highest BCUT2D eigenvalue weighted by Crippen LogP contribution is 2.39. The molecule has 1 unspecified atom stereocenters. The lowest BCUT2D eigenvalue weighted by Gasteiger charge is -2.14. The Kier molecular flexibility index (Phi) is 3.84. The molecule has 3 nitrogen and oxygen atoms in total. The maximum atomic E-state index is 14.2. The maximum Gasteiger partial charge on any atom is 0.163 e. The van der Waals surface area contributed by atoms with Crippen LogP contribution in [0.3, 0.4) is 0 Å². The largest absolute Gasteiger partial charge is 0.493 e. The van der Waals surface area contributed by atoms with Crippen molar-refractivity contribution in [2.75, 3.05) is 14.2 Å². The minimum Gasteiger partial charge on any atom is -0.493 e. The van der Waals surface area contributed by atoms with Gasteiger partial charge in [-0.3, -0.25) is 0 Å². The molecule has 0 aliphatic heterocycles. The van der Waals surface area contributed by atoms with Crippen LogP contribution in [0.1, 0.15) is 16.5 Å². The van der Waals surface area contributed by atoms with E-state index in [0.717, 1.165) is 9.40 Å². The highest BCUT2D eigenvalue weighted by atomic mass is 32.1. The van der Waals surface area contributed by atoms with Crippen molar-refractivity contribution in [2.24, 2.45) is 0 Å². The fourth-order valence-electron chi connectivity index (χ4n) is 2.15. The number of aliphatic hydroxyl groups excluding tert-OH is 1. The van der Waals surface area contributed by atoms with Gasteiger partial charge in [-0.05, 0) is 23.6 Å². The van der Waals surface area contributed by atoms with Gasteiger partial charge >= 0.3 is 0 Å². The number of aliphatic hydroxyl groups is 1. The van der Waals surface area contributed by atoms with E-state index in [1.807, 2.05) is 17.5 Å². The molecule has 0 spiro atoms. The molecule has 1 atom stereocenters. The number of halogens is 1. The van der Waals surface area contributed by atoms with Gasteiger partial charge in [0.25, 0.3) is 0 Å². The second-order valence-electron chi connectivity index (χ2n) is 4.43. The molecule has 0 amide bonds. The van der Waals surface area contributed by atoms with E-state index in [2.05, 4.69) is 0 Å². The Hall–Kier alpha value is -1.63. The molecule has 0 radical (unpaired) electrons. The first-order valence-electron chi connectivity index (χ1n) is 6.20. The summed E-state index contributed by atoms with van der Waals surface area (Å²) in [6, 6.07) is 6.59. The van der Waals surface area contributed by atoms with Crippen LogP contribution >= 0.6 is 22.7 Å². The quantitative estimate of drug-likeness (QED) is 0.781. The Labute approximate surface area is 129 Å². The maximum absolute atomic E-state index is 14.2. The number of hydrogen-bond acceptors (Lipinski definition) is 5. The van der Waals surface area contributed by atoms with Gasteiger partial charge in [0.2, 0.25) is 0 Å². The summed E-state index contributed by atoms with van der Waals surface area (Å²) in [6.45, 7) is 0. The summed E-state index contributed by atoms with van der Waals surface area (Å²) in [4.78, 5) is 0.711. The van der Waals surface area contributed by atoms with E-state index in [-0.39, 0.29) is 5.56 Å². The predicted molar refractivity (Wildman–Crippen MR) is 83.3 cm³/mol. The van der Waals surface area contributed by atoms with Crippen molar-refractivity contribution in [1.29, 1.82) is 0 Å². The van der Waals surface area contributed by atoms with Gasteiger partial charge in [0.05, 0.1) is 14.2 Å². The second-order valence-corrected chi connectivity index (χ2v) is 6.49. The van der Waals surface area contributed by atoms with Crippen LogP contribution in [0.5, 0.6) is 11.5 Å². The molecular formula is C15H13FO3S2. The van der Waals surface area contributed by atoms with Gasteiger partial charge in [0.1, 0.15) is 11.9 Å². The Morgan fingerprint density at radius 3 is 2.48 bits per heavy atom. The molecule has 2 aromatic heterocycles. The van der Waals surface area contributed by atoms with Crippen LogP contribution in [0.4, 0.5) is 4.39 Å². The standard InChI is InChI=1S/C15H13FO3S2/c1-18-10-5-8(9(16)6-11(10)19-2)15(17)14-7-13-12(21-14)3-4-20-13/h3-7,15,17H,1-2H3. The SMILES string of the molecule is COc1cc(F)c(C(O)c2cc3sccc3s2)cc1OC. The first kappa shape index (κ1) is 14.3. The van der Waals surface area contributed by atoms with Gasteiger partial charge in [-0.2, -0.15) is 0 Å². The minimum atomic E-state index is -1.02. The third-order valence-electron chi connectivity index (χ3n) is 3.23. The van der Waals surface area contributed by atoms with E-state index in [4.69, 9.17) is 9.47 Å². The molecule has 3 aromatic rings. The molecule has 0 aliphatic rings. The molecule has 0 bridgehead atoms. The van der Waals surface area contributed by atoms with Crippen molar-refractivity contribution in [3.63, 3.8) is 0 Å². The number of rotatable bonds is 4. The van der Waals surface area contributed by atoms with Gasteiger partial charge in [0.15, 0.2) is 11.5 Å². The molecule has 6 heteroatoms. The molecule has 2 heterocycles. The van der Waals surface area contributed by atoms with E-state index in [9.17, 15) is 9.50 Å². The molecule has 0 aliphatic carbocycles. The molecule has 0 fully saturated rings. The van der Waals surface area contributed by atoms with Crippen molar-refractivity contribution >= 4 is 32.1 Å². The van der Waals surface area contributed by atoms with Crippen LogP contribution in [-0.4, -0.2) is 19.3 Å². The number of benzene rings is 1. The first-order chi connectivity index (χ1) is 10.1. The smallest absolute Gasteiger partial charge is 0.163 e. The summed E-state index contributed by atoms with van der Waals surface area (Å²) in [7, 11) is 2.92. The number of ether oxygens (including phenoxy) is 2. The first-order valence-corrected chi connectivity index (χ1v) is 7.90. The van der Waals surface area contributed by atoms with Crippen molar-refractivity contribution in [3.05, 3.63) is 45.9 Å². The van der Waals surface area contributed by atoms with Crippen LogP contribution in [0.2, 0.25) is 0 Å². The molecule has 1 N–H and O–H groups in total. The van der Waals surface area contributed by atoms with Gasteiger partial charge in [-0.25, -0.2) is 4.39 Å². The fraction of sp³-hybridized carbons (Fsp3) is 0.200. The number of methoxy groups -OCH3 is 2. The van der Waals surface area contributed by atoms with Crippen LogP contribution in [-0.2, 0) is 0 Å². The van der Waals surface area contributed by atoms with Crippen LogP contribution in [0.25, 0.3) is 9.40 Å². The van der Waals surface area contributed by atoms with E-state index in [0.29, 0.717) is 16.4 Å². The molecular weight excluding hydrogens is 311 g/mol. The highest BCUT2D eigenvalue weighted by molar-refractivity contribution is 7.26. The summed E-state index contributed by atoms with van der Waals surface area (Å²) in [6.07, 6.45) is -1.02. The lowest BCUT2D eigenvalue weighted by molar-refractivity contribution is 0.217. The lowest BCUT2D eigenvalue weighted by Crippen LogP contribution is -2.02. The summed E-state index contributed by atoms with van der Waals surface area (Å²) < 4.78 is 26.6. The Morgan fingerprint density at radius 1 is 1.10 bits per heavy atom. The zero-order chi connectivity index (χ0) is 15.0. The average molecular weight is 324 g/mol. The van der Waals surface area contributed by atoms with Crippen LogP contribution in [0, 0.1) is 5.82 Å². The summed E-state index contributed by atoms with van der Waals surface area (Å²) in [5.74, 6) is 0.182. The fourth-order valence-corrected chi connectivity index (χ4v) is 4.28. The monoisotopic (exact) mass is 324 g/mol. The van der Waals surface area contributed by atoms with Gasteiger partial charge < -0.3 is 14.6 Å². The molecule has 0 saturated heterocycles. The van der Waals surface area contributed by atoms with E-state index in [1.54, 1.807) is 11.3 Å². The minimum absolute atomic E-state index is 0.182. The molecule has 3 rings (SSSR count). The Morgan fingerprint density at radius 2 is 1.81 bits per heavy atom. The predicted octanol–water partition coefficient (Wildman–Crippen LogP) is 4.20. The van der Waals surface area contributed by atoms with Gasteiger partial charge in [-0.15, -0.1) is 22.7 Å². The summed E-state index contributed by atoms with van der Waals surface area (Å²) in [5.41, 5.74) is 0.182. The van der Waals surface area contributed by atoms with Gasteiger partial charge in [0, 0.05) is 25.9 Å².